The van der Waals surface area contributed by atoms with E-state index in [2.05, 4.69) is 19.9 Å². The summed E-state index contributed by atoms with van der Waals surface area (Å²) < 4.78 is 0. The van der Waals surface area contributed by atoms with Gasteiger partial charge in [-0.15, -0.1) is 0 Å². The predicted molar refractivity (Wildman–Crippen MR) is 85.3 cm³/mol. The summed E-state index contributed by atoms with van der Waals surface area (Å²) in [5.41, 5.74) is 0.0463. The van der Waals surface area contributed by atoms with Gasteiger partial charge in [-0.2, -0.15) is 5.26 Å². The number of hydrogen-bond acceptors (Lipinski definition) is 1. The Kier molecular flexibility index (Phi) is 5.94. The molecule has 114 valence electrons. The quantitative estimate of drug-likeness (QED) is 0.595. The summed E-state index contributed by atoms with van der Waals surface area (Å²) in [5, 5.41) is 9.51. The minimum Gasteiger partial charge on any atom is -0.198 e. The van der Waals surface area contributed by atoms with Gasteiger partial charge in [-0.25, -0.2) is 0 Å². The predicted octanol–water partition coefficient (Wildman–Crippen LogP) is 6.09. The van der Waals surface area contributed by atoms with Crippen molar-refractivity contribution in [2.45, 2.75) is 90.9 Å². The highest BCUT2D eigenvalue weighted by atomic mass is 14.4. The zero-order valence-corrected chi connectivity index (χ0v) is 13.7. The van der Waals surface area contributed by atoms with Gasteiger partial charge in [0, 0.05) is 0 Å². The molecule has 0 N–H and O–H groups in total. The molecule has 0 heterocycles. The van der Waals surface area contributed by atoms with Crippen LogP contribution in [0.1, 0.15) is 90.9 Å². The lowest BCUT2D eigenvalue weighted by Crippen LogP contribution is -2.31. The van der Waals surface area contributed by atoms with Gasteiger partial charge in [0.2, 0.25) is 0 Å². The van der Waals surface area contributed by atoms with Crippen molar-refractivity contribution < 1.29 is 0 Å². The lowest BCUT2D eigenvalue weighted by molar-refractivity contribution is 0.116. The molecule has 1 nitrogen and oxygen atoms in total. The van der Waals surface area contributed by atoms with E-state index in [1.54, 1.807) is 0 Å². The minimum atomic E-state index is 0.0463. The molecule has 0 bridgehead atoms. The summed E-state index contributed by atoms with van der Waals surface area (Å²) in [6.45, 7) is 4.54. The zero-order chi connectivity index (χ0) is 14.4. The average Bonchev–Trinajstić information content (AvgIpc) is 2.50. The number of hydrogen-bond donors (Lipinski definition) is 0. The molecular formula is C19H33N. The monoisotopic (exact) mass is 275 g/mol. The van der Waals surface area contributed by atoms with E-state index < -0.39 is 0 Å². The molecule has 2 fully saturated rings. The van der Waals surface area contributed by atoms with Gasteiger partial charge in [-0.1, -0.05) is 46.0 Å². The van der Waals surface area contributed by atoms with E-state index >= 15 is 0 Å². The van der Waals surface area contributed by atoms with Gasteiger partial charge in [0.05, 0.1) is 11.5 Å². The molecule has 0 atom stereocenters. The fourth-order valence-electron chi connectivity index (χ4n) is 4.92. The third-order valence-corrected chi connectivity index (χ3v) is 6.21. The van der Waals surface area contributed by atoms with Crippen LogP contribution in [-0.2, 0) is 0 Å². The van der Waals surface area contributed by atoms with Crippen LogP contribution in [0.5, 0.6) is 0 Å². The molecule has 2 aliphatic rings. The Bertz CT molecular complexity index is 311. The van der Waals surface area contributed by atoms with Crippen LogP contribution in [0.15, 0.2) is 0 Å². The third-order valence-electron chi connectivity index (χ3n) is 6.21. The maximum Gasteiger partial charge on any atom is 0.0689 e. The van der Waals surface area contributed by atoms with Crippen molar-refractivity contribution in [2.24, 2.45) is 23.2 Å². The SMILES string of the molecule is CCCC1CCC(C2CCC(C#N)(CCC)CC2)CC1. The van der Waals surface area contributed by atoms with Crippen LogP contribution in [-0.4, -0.2) is 0 Å². The van der Waals surface area contributed by atoms with E-state index in [0.29, 0.717) is 0 Å². The molecule has 2 rings (SSSR count). The fraction of sp³-hybridized carbons (Fsp3) is 0.947. The normalized spacial score (nSPS) is 38.4. The van der Waals surface area contributed by atoms with Gasteiger partial charge >= 0.3 is 0 Å². The third kappa shape index (κ3) is 3.78. The van der Waals surface area contributed by atoms with E-state index in [-0.39, 0.29) is 5.41 Å². The molecule has 20 heavy (non-hydrogen) atoms. The highest BCUT2D eigenvalue weighted by molar-refractivity contribution is 5.02. The summed E-state index contributed by atoms with van der Waals surface area (Å²) >= 11 is 0. The van der Waals surface area contributed by atoms with Crippen LogP contribution < -0.4 is 0 Å². The summed E-state index contributed by atoms with van der Waals surface area (Å²) in [7, 11) is 0. The van der Waals surface area contributed by atoms with Gasteiger partial charge in [-0.05, 0) is 62.7 Å². The number of nitrogens with zero attached hydrogens (tertiary/aromatic N) is 1. The standard InChI is InChI=1S/C19H33N/c1-3-5-16-6-8-17(9-7-16)18-10-13-19(15-20,12-4-2)14-11-18/h16-18H,3-14H2,1-2H3. The highest BCUT2D eigenvalue weighted by Crippen LogP contribution is 2.47. The fourth-order valence-corrected chi connectivity index (χ4v) is 4.92. The molecule has 0 aliphatic heterocycles. The Morgan fingerprint density at radius 3 is 2.00 bits per heavy atom. The van der Waals surface area contributed by atoms with Crippen molar-refractivity contribution in [3.63, 3.8) is 0 Å². The van der Waals surface area contributed by atoms with Crippen LogP contribution in [0.4, 0.5) is 0 Å². The molecule has 0 radical (unpaired) electrons. The molecule has 0 unspecified atom stereocenters. The Hall–Kier alpha value is -0.510. The van der Waals surface area contributed by atoms with Crippen LogP contribution in [0.3, 0.4) is 0 Å². The Morgan fingerprint density at radius 2 is 1.50 bits per heavy atom. The number of nitriles is 1. The van der Waals surface area contributed by atoms with Crippen molar-refractivity contribution in [3.8, 4) is 6.07 Å². The zero-order valence-electron chi connectivity index (χ0n) is 13.7. The van der Waals surface area contributed by atoms with Gasteiger partial charge in [0.1, 0.15) is 0 Å². The minimum absolute atomic E-state index is 0.0463. The molecule has 0 saturated heterocycles. The molecule has 0 aromatic heterocycles. The molecular weight excluding hydrogens is 242 g/mol. The first-order valence-electron chi connectivity index (χ1n) is 9.14. The molecule has 2 aliphatic carbocycles. The highest BCUT2D eigenvalue weighted by Gasteiger charge is 2.37. The van der Waals surface area contributed by atoms with Crippen LogP contribution in [0.2, 0.25) is 0 Å². The smallest absolute Gasteiger partial charge is 0.0689 e. The van der Waals surface area contributed by atoms with E-state index in [0.717, 1.165) is 24.2 Å². The average molecular weight is 275 g/mol. The lowest BCUT2D eigenvalue weighted by Gasteiger charge is -2.40. The second kappa shape index (κ2) is 7.48. The summed E-state index contributed by atoms with van der Waals surface area (Å²) in [6, 6.07) is 2.67. The number of rotatable bonds is 5. The first-order chi connectivity index (χ1) is 9.73. The molecule has 0 amide bonds. The maximum absolute atomic E-state index is 9.51. The van der Waals surface area contributed by atoms with Crippen molar-refractivity contribution in [1.29, 1.82) is 5.26 Å². The van der Waals surface area contributed by atoms with Gasteiger partial charge in [0.15, 0.2) is 0 Å². The van der Waals surface area contributed by atoms with Crippen molar-refractivity contribution in [1.82, 2.24) is 0 Å². The first kappa shape index (κ1) is 15.9. The van der Waals surface area contributed by atoms with Gasteiger partial charge in [-0.3, -0.25) is 0 Å². The topological polar surface area (TPSA) is 23.8 Å². The van der Waals surface area contributed by atoms with E-state index in [1.807, 2.05) is 0 Å². The van der Waals surface area contributed by atoms with Crippen LogP contribution in [0, 0.1) is 34.5 Å². The van der Waals surface area contributed by atoms with Crippen LogP contribution >= 0.6 is 0 Å². The van der Waals surface area contributed by atoms with Crippen molar-refractivity contribution in [3.05, 3.63) is 0 Å². The first-order valence-corrected chi connectivity index (χ1v) is 9.14. The van der Waals surface area contributed by atoms with Crippen molar-refractivity contribution in [2.75, 3.05) is 0 Å². The molecule has 0 aromatic rings. The summed E-state index contributed by atoms with van der Waals surface area (Å²) in [4.78, 5) is 0. The largest absolute Gasteiger partial charge is 0.198 e. The van der Waals surface area contributed by atoms with Gasteiger partial charge < -0.3 is 0 Å². The molecule has 1 heteroatoms. The van der Waals surface area contributed by atoms with Gasteiger partial charge in [0.25, 0.3) is 0 Å². The summed E-state index contributed by atoms with van der Waals surface area (Å²) in [5.74, 6) is 2.95. The molecule has 2 saturated carbocycles. The Labute approximate surface area is 126 Å². The second-order valence-electron chi connectivity index (χ2n) is 7.55. The van der Waals surface area contributed by atoms with E-state index in [1.165, 1.54) is 70.6 Å². The van der Waals surface area contributed by atoms with Crippen molar-refractivity contribution >= 4 is 0 Å². The van der Waals surface area contributed by atoms with E-state index in [4.69, 9.17) is 0 Å². The maximum atomic E-state index is 9.51. The summed E-state index contributed by atoms with van der Waals surface area (Å²) in [6.07, 6.45) is 16.0. The Morgan fingerprint density at radius 1 is 0.900 bits per heavy atom. The van der Waals surface area contributed by atoms with E-state index in [9.17, 15) is 5.26 Å². The van der Waals surface area contributed by atoms with Crippen LogP contribution in [0.25, 0.3) is 0 Å². The molecule has 0 aromatic carbocycles. The molecule has 0 spiro atoms. The Balaban J connectivity index is 1.79. The second-order valence-corrected chi connectivity index (χ2v) is 7.55. The lowest BCUT2D eigenvalue weighted by atomic mass is 9.63.